The van der Waals surface area contributed by atoms with Crippen LogP contribution >= 0.6 is 23.4 Å². The average Bonchev–Trinajstić information content (AvgIpc) is 3.26. The lowest BCUT2D eigenvalue weighted by Crippen LogP contribution is -2.23. The molecule has 1 aromatic carbocycles. The summed E-state index contributed by atoms with van der Waals surface area (Å²) in [4.78, 5) is 12.3. The first-order valence-electron chi connectivity index (χ1n) is 7.30. The number of carbonyl (C=O) groups is 1. The number of thioether (sulfide) groups is 1. The van der Waals surface area contributed by atoms with Crippen molar-refractivity contribution in [1.82, 2.24) is 14.8 Å². The molecule has 1 N–H and O–H groups in total. The van der Waals surface area contributed by atoms with E-state index < -0.39 is 5.82 Å². The Morgan fingerprint density at radius 2 is 2.22 bits per heavy atom. The van der Waals surface area contributed by atoms with E-state index in [0.29, 0.717) is 11.7 Å². The maximum Gasteiger partial charge on any atom is 0.237 e. The van der Waals surface area contributed by atoms with Crippen molar-refractivity contribution in [3.05, 3.63) is 34.9 Å². The van der Waals surface area contributed by atoms with E-state index in [1.165, 1.54) is 30.0 Å². The summed E-state index contributed by atoms with van der Waals surface area (Å²) in [5.41, 5.74) is 0.394. The van der Waals surface area contributed by atoms with Crippen LogP contribution in [0.3, 0.4) is 0 Å². The van der Waals surface area contributed by atoms with Gasteiger partial charge in [-0.15, -0.1) is 10.2 Å². The lowest BCUT2D eigenvalue weighted by Gasteiger charge is -2.13. The van der Waals surface area contributed by atoms with E-state index >= 15 is 0 Å². The third-order valence-electron chi connectivity index (χ3n) is 3.59. The van der Waals surface area contributed by atoms with Gasteiger partial charge in [-0.1, -0.05) is 23.4 Å². The molecule has 2 aromatic rings. The van der Waals surface area contributed by atoms with Crippen molar-refractivity contribution in [2.75, 3.05) is 5.32 Å². The van der Waals surface area contributed by atoms with Crippen molar-refractivity contribution in [3.63, 3.8) is 0 Å². The molecule has 3 rings (SSSR count). The van der Waals surface area contributed by atoms with Crippen molar-refractivity contribution in [2.45, 2.75) is 43.1 Å². The number of nitrogens with one attached hydrogen (secondary N) is 1. The van der Waals surface area contributed by atoms with Gasteiger partial charge in [0.25, 0.3) is 0 Å². The van der Waals surface area contributed by atoms with Crippen LogP contribution in [0, 0.1) is 12.7 Å². The number of halogens is 2. The van der Waals surface area contributed by atoms with Gasteiger partial charge in [0.1, 0.15) is 11.6 Å². The molecule has 1 aliphatic carbocycles. The van der Waals surface area contributed by atoms with E-state index in [1.807, 2.05) is 6.92 Å². The highest BCUT2D eigenvalue weighted by Gasteiger charge is 2.29. The first-order valence-corrected chi connectivity index (χ1v) is 8.55. The minimum atomic E-state index is -0.441. The predicted octanol–water partition coefficient (Wildman–Crippen LogP) is 3.83. The second kappa shape index (κ2) is 6.49. The number of carbonyl (C=O) groups excluding carboxylic acids is 1. The third kappa shape index (κ3) is 3.67. The number of amides is 1. The fourth-order valence-electron chi connectivity index (χ4n) is 2.22. The number of aryl methyl sites for hydroxylation is 1. The molecule has 1 saturated carbocycles. The van der Waals surface area contributed by atoms with E-state index in [1.54, 1.807) is 6.92 Å². The Morgan fingerprint density at radius 1 is 1.48 bits per heavy atom. The van der Waals surface area contributed by atoms with Crippen molar-refractivity contribution < 1.29 is 9.18 Å². The van der Waals surface area contributed by atoms with Gasteiger partial charge in [0.05, 0.1) is 16.0 Å². The zero-order chi connectivity index (χ0) is 16.6. The Morgan fingerprint density at radius 3 is 2.87 bits per heavy atom. The van der Waals surface area contributed by atoms with Crippen LogP contribution in [-0.2, 0) is 4.79 Å². The smallest absolute Gasteiger partial charge is 0.237 e. The second-order valence-corrected chi connectivity index (χ2v) is 7.22. The van der Waals surface area contributed by atoms with Crippen molar-refractivity contribution in [2.24, 2.45) is 0 Å². The lowest BCUT2D eigenvalue weighted by atomic mass is 10.3. The van der Waals surface area contributed by atoms with Crippen LogP contribution in [0.25, 0.3) is 0 Å². The number of aromatic nitrogens is 3. The molecule has 0 radical (unpaired) electrons. The monoisotopic (exact) mass is 354 g/mol. The van der Waals surface area contributed by atoms with Crippen LogP contribution in [0.2, 0.25) is 5.02 Å². The summed E-state index contributed by atoms with van der Waals surface area (Å²) >= 11 is 7.28. The molecule has 1 amide bonds. The second-order valence-electron chi connectivity index (χ2n) is 5.50. The van der Waals surface area contributed by atoms with Crippen LogP contribution in [-0.4, -0.2) is 25.9 Å². The van der Waals surface area contributed by atoms with Gasteiger partial charge in [0.15, 0.2) is 5.16 Å². The van der Waals surface area contributed by atoms with E-state index in [0.717, 1.165) is 23.8 Å². The molecular formula is C15H16ClFN4OS. The van der Waals surface area contributed by atoms with E-state index in [2.05, 4.69) is 20.1 Å². The van der Waals surface area contributed by atoms with Crippen molar-refractivity contribution in [1.29, 1.82) is 0 Å². The Balaban J connectivity index is 1.68. The number of hydrogen-bond donors (Lipinski definition) is 1. The van der Waals surface area contributed by atoms with E-state index in [4.69, 9.17) is 11.6 Å². The number of anilines is 1. The molecule has 1 aliphatic rings. The van der Waals surface area contributed by atoms with Gasteiger partial charge in [-0.05, 0) is 44.9 Å². The van der Waals surface area contributed by atoms with Crippen molar-refractivity contribution in [3.8, 4) is 0 Å². The zero-order valence-corrected chi connectivity index (χ0v) is 14.3. The fourth-order valence-corrected chi connectivity index (χ4v) is 3.40. The molecule has 122 valence electrons. The van der Waals surface area contributed by atoms with E-state index in [9.17, 15) is 9.18 Å². The van der Waals surface area contributed by atoms with Gasteiger partial charge in [0, 0.05) is 6.04 Å². The molecule has 0 aliphatic heterocycles. The van der Waals surface area contributed by atoms with Crippen LogP contribution in [0.1, 0.15) is 31.6 Å². The minimum absolute atomic E-state index is 0.174. The van der Waals surface area contributed by atoms with Crippen LogP contribution < -0.4 is 5.32 Å². The molecule has 0 bridgehead atoms. The standard InChI is InChI=1S/C15H16ClFN4OS/c1-8(14(22)18-13-6-3-10(17)7-12(13)16)23-15-20-19-9(2)21(15)11-4-5-11/h3,6-8,11H,4-5H2,1-2H3,(H,18,22)/t8-/m1/s1. The number of hydrogen-bond acceptors (Lipinski definition) is 4. The van der Waals surface area contributed by atoms with Gasteiger partial charge >= 0.3 is 0 Å². The summed E-state index contributed by atoms with van der Waals surface area (Å²) in [7, 11) is 0. The quantitative estimate of drug-likeness (QED) is 0.829. The highest BCUT2D eigenvalue weighted by molar-refractivity contribution is 8.00. The van der Waals surface area contributed by atoms with Gasteiger partial charge in [0.2, 0.25) is 5.91 Å². The topological polar surface area (TPSA) is 59.8 Å². The molecule has 8 heteroatoms. The number of rotatable bonds is 5. The molecule has 23 heavy (non-hydrogen) atoms. The summed E-state index contributed by atoms with van der Waals surface area (Å²) < 4.78 is 15.1. The molecule has 1 heterocycles. The first kappa shape index (κ1) is 16.3. The first-order chi connectivity index (χ1) is 11.0. The van der Waals surface area contributed by atoms with Gasteiger partial charge < -0.3 is 9.88 Å². The Hall–Kier alpha value is -1.60. The molecule has 0 spiro atoms. The Kier molecular flexibility index (Phi) is 4.59. The van der Waals surface area contributed by atoms with Crippen molar-refractivity contribution >= 4 is 35.0 Å². The summed E-state index contributed by atoms with van der Waals surface area (Å²) in [5, 5.41) is 11.5. The predicted molar refractivity (Wildman–Crippen MR) is 88.4 cm³/mol. The lowest BCUT2D eigenvalue weighted by molar-refractivity contribution is -0.115. The number of benzene rings is 1. The maximum absolute atomic E-state index is 13.0. The fraction of sp³-hybridized carbons (Fsp3) is 0.400. The minimum Gasteiger partial charge on any atom is -0.324 e. The molecule has 1 atom stereocenters. The van der Waals surface area contributed by atoms with Crippen LogP contribution in [0.5, 0.6) is 0 Å². The molecule has 1 fully saturated rings. The number of nitrogens with zero attached hydrogens (tertiary/aromatic N) is 3. The SMILES string of the molecule is Cc1nnc(S[C@H](C)C(=O)Nc2ccc(F)cc2Cl)n1C1CC1. The molecule has 1 aromatic heterocycles. The molecule has 5 nitrogen and oxygen atoms in total. The third-order valence-corrected chi connectivity index (χ3v) is 4.96. The zero-order valence-electron chi connectivity index (χ0n) is 12.7. The summed E-state index contributed by atoms with van der Waals surface area (Å²) in [5.74, 6) is 0.208. The molecule has 0 saturated heterocycles. The van der Waals surface area contributed by atoms with Gasteiger partial charge in [-0.2, -0.15) is 0 Å². The van der Waals surface area contributed by atoms with Gasteiger partial charge in [-0.25, -0.2) is 4.39 Å². The highest BCUT2D eigenvalue weighted by Crippen LogP contribution is 2.39. The summed E-state index contributed by atoms with van der Waals surface area (Å²) in [6, 6.07) is 4.33. The largest absolute Gasteiger partial charge is 0.324 e. The summed E-state index contributed by atoms with van der Waals surface area (Å²) in [6.45, 7) is 3.71. The van der Waals surface area contributed by atoms with Crippen LogP contribution in [0.15, 0.2) is 23.4 Å². The van der Waals surface area contributed by atoms with E-state index in [-0.39, 0.29) is 16.2 Å². The summed E-state index contributed by atoms with van der Waals surface area (Å²) in [6.07, 6.45) is 2.25. The maximum atomic E-state index is 13.0. The van der Waals surface area contributed by atoms with Crippen LogP contribution in [0.4, 0.5) is 10.1 Å². The molecule has 0 unspecified atom stereocenters. The Labute approximate surface area is 142 Å². The average molecular weight is 355 g/mol. The van der Waals surface area contributed by atoms with Gasteiger partial charge in [-0.3, -0.25) is 4.79 Å². The normalized spacial score (nSPS) is 15.5. The highest BCUT2D eigenvalue weighted by atomic mass is 35.5. The Bertz CT molecular complexity index is 747. The molecular weight excluding hydrogens is 339 g/mol.